The van der Waals surface area contributed by atoms with Crippen molar-refractivity contribution in [2.24, 2.45) is 11.8 Å². The van der Waals surface area contributed by atoms with Gasteiger partial charge in [0.25, 0.3) is 0 Å². The van der Waals surface area contributed by atoms with E-state index in [0.29, 0.717) is 0 Å². The second-order valence-corrected chi connectivity index (χ2v) is 15.5. The fourth-order valence-electron chi connectivity index (χ4n) is 7.73. The highest BCUT2D eigenvalue weighted by Crippen LogP contribution is 2.30. The van der Waals surface area contributed by atoms with E-state index in [-0.39, 0.29) is 0 Å². The van der Waals surface area contributed by atoms with Gasteiger partial charge in [0.1, 0.15) is 59.2 Å². The number of rotatable bonds is 12. The highest BCUT2D eigenvalue weighted by Gasteiger charge is 2.52. The van der Waals surface area contributed by atoms with Crippen molar-refractivity contribution in [2.45, 2.75) is 54.0 Å². The summed E-state index contributed by atoms with van der Waals surface area (Å²) >= 11 is 0. The van der Waals surface area contributed by atoms with Crippen LogP contribution in [-0.4, -0.2) is 19.2 Å². The van der Waals surface area contributed by atoms with Crippen LogP contribution in [0.3, 0.4) is 0 Å². The molecule has 1 nitrogen and oxygen atoms in total. The molecule has 0 spiro atoms. The van der Waals surface area contributed by atoms with Crippen LogP contribution in [0.15, 0.2) is 24.3 Å². The topological polar surface area (TPSA) is 4.44 Å². The normalized spacial score (nSPS) is 11.9. The van der Waals surface area contributed by atoms with E-state index in [4.69, 9.17) is 0 Å². The Balaban J connectivity index is 0.000000395. The average Bonchev–Trinajstić information content (AvgIpc) is 3.23. The first-order valence-electron chi connectivity index (χ1n) is 18.9. The average molecular weight is 941 g/mol. The van der Waals surface area contributed by atoms with Crippen LogP contribution in [0, 0.1) is 128 Å². The predicted molar refractivity (Wildman–Crippen MR) is 194 cm³/mol. The highest BCUT2D eigenvalue weighted by molar-refractivity contribution is 7.20. The van der Waals surface area contributed by atoms with Crippen LogP contribution in [0.2, 0.25) is 0 Å². The summed E-state index contributed by atoms with van der Waals surface area (Å²) in [6.07, 6.45) is -4.78. The lowest BCUT2D eigenvalue weighted by molar-refractivity contribution is -0.919. The minimum absolute atomic E-state index is 0.771. The van der Waals surface area contributed by atoms with Gasteiger partial charge in [0, 0.05) is 17.4 Å². The molecule has 0 aliphatic rings. The minimum atomic E-state index is -7.22. The van der Waals surface area contributed by atoms with Gasteiger partial charge in [-0.25, -0.2) is 87.8 Å². The zero-order chi connectivity index (χ0) is 48.6. The van der Waals surface area contributed by atoms with E-state index in [2.05, 4.69) is 58.9 Å². The van der Waals surface area contributed by atoms with Crippen LogP contribution < -0.4 is 26.8 Å². The van der Waals surface area contributed by atoms with Gasteiger partial charge in [-0.05, 0) is 12.0 Å². The molecule has 5 aromatic rings. The van der Waals surface area contributed by atoms with E-state index < -0.39 is 144 Å². The molecule has 348 valence electrons. The van der Waals surface area contributed by atoms with E-state index in [9.17, 15) is 52.7 Å². The summed E-state index contributed by atoms with van der Waals surface area (Å²) in [5.41, 5.74) is -11.3. The Morgan fingerprint density at radius 3 is 0.844 bits per heavy atom. The number of hydrogen-bond acceptors (Lipinski definition) is 0. The van der Waals surface area contributed by atoms with Crippen molar-refractivity contribution in [3.05, 3.63) is 152 Å². The predicted octanol–water partition coefficient (Wildman–Crippen LogP) is 9.18. The third-order valence-electron chi connectivity index (χ3n) is 10.1. The Morgan fingerprint density at radius 2 is 0.609 bits per heavy atom. The summed E-state index contributed by atoms with van der Waals surface area (Å²) in [6.45, 7) is 15.3. The first-order chi connectivity index (χ1) is 29.7. The van der Waals surface area contributed by atoms with Gasteiger partial charge < -0.3 is 4.90 Å². The van der Waals surface area contributed by atoms with Crippen molar-refractivity contribution in [3.63, 3.8) is 0 Å². The molecule has 0 bridgehead atoms. The molecule has 0 unspecified atom stereocenters. The van der Waals surface area contributed by atoms with Gasteiger partial charge in [-0.3, -0.25) is 0 Å². The SMILES string of the molecule is CCCc1cccc(C[NH+](CC(C)C)CC(C)C)c1.Fc1c(F)c(F)c([B-](c2c(F)c(F)c(F)c(F)c2F)(c2c(F)c(F)c(F)c(F)c2F)c2c(F)c(F)c(F)c(F)c2F)c(F)c1F. The first kappa shape index (κ1) is 51.4. The molecule has 0 amide bonds. The molecule has 0 heterocycles. The summed E-state index contributed by atoms with van der Waals surface area (Å²) in [7, 11) is 0. The maximum absolute atomic E-state index is 15.4. The van der Waals surface area contributed by atoms with Gasteiger partial charge in [0.15, 0.2) is 69.8 Å². The van der Waals surface area contributed by atoms with Crippen molar-refractivity contribution in [2.75, 3.05) is 13.1 Å². The Kier molecular flexibility index (Phi) is 15.9. The van der Waals surface area contributed by atoms with E-state index in [1.54, 1.807) is 4.90 Å². The minimum Gasteiger partial charge on any atom is -0.331 e. The molecule has 0 radical (unpaired) electrons. The van der Waals surface area contributed by atoms with Crippen molar-refractivity contribution in [3.8, 4) is 0 Å². The number of hydrogen-bond donors (Lipinski definition) is 1. The molecular weight excluding hydrogens is 909 g/mol. The number of aryl methyl sites for hydroxylation is 1. The summed E-state index contributed by atoms with van der Waals surface area (Å²) in [5.74, 6) is -69.9. The molecule has 5 aromatic carbocycles. The van der Waals surface area contributed by atoms with Gasteiger partial charge >= 0.3 is 0 Å². The van der Waals surface area contributed by atoms with Gasteiger partial charge in [-0.2, -0.15) is 0 Å². The monoisotopic (exact) mass is 941 g/mol. The molecule has 0 aliphatic heterocycles. The molecule has 5 rings (SSSR count). The van der Waals surface area contributed by atoms with Crippen LogP contribution in [-0.2, 0) is 13.0 Å². The molecule has 0 saturated heterocycles. The van der Waals surface area contributed by atoms with Crippen molar-refractivity contribution in [1.29, 1.82) is 0 Å². The maximum atomic E-state index is 15.4. The number of quaternary nitrogens is 1. The quantitative estimate of drug-likeness (QED) is 0.0552. The molecule has 1 N–H and O–H groups in total. The second kappa shape index (κ2) is 19.9. The molecule has 0 aromatic heterocycles. The largest absolute Gasteiger partial charge is 0.331 e. The summed E-state index contributed by atoms with van der Waals surface area (Å²) in [4.78, 5) is 1.72. The van der Waals surface area contributed by atoms with E-state index in [1.165, 1.54) is 43.6 Å². The maximum Gasteiger partial charge on any atom is 0.200 e. The standard InChI is InChI=1S/C24BF20.C18H31N/c26-5-1(6(27)14(35)21(42)13(5)34)25(2-7(28)15(36)22(43)16(37)8(2)29,3-9(30)17(38)23(44)18(39)10(3)31)4-11(32)19(40)24(45)20(41)12(4)33;1-6-8-17-9-7-10-18(11-17)14-19(12-15(2)3)13-16(4)5/h;7,9-11,15-16H,6,8,12-14H2,1-5H3/q-1;/p+1. The lowest BCUT2D eigenvalue weighted by Crippen LogP contribution is -3.11. The van der Waals surface area contributed by atoms with Crippen LogP contribution in [0.25, 0.3) is 0 Å². The lowest BCUT2D eigenvalue weighted by atomic mass is 9.12. The Morgan fingerprint density at radius 1 is 0.375 bits per heavy atom. The van der Waals surface area contributed by atoms with E-state index in [1.807, 2.05) is 0 Å². The number of nitrogens with one attached hydrogen (secondary N) is 1. The van der Waals surface area contributed by atoms with Crippen LogP contribution in [0.5, 0.6) is 0 Å². The molecule has 0 atom stereocenters. The fraction of sp³-hybridized carbons (Fsp3) is 0.286. The summed E-state index contributed by atoms with van der Waals surface area (Å²) in [6, 6.07) is 9.18. The Bertz CT molecular complexity index is 2180. The van der Waals surface area contributed by atoms with Gasteiger partial charge in [0.05, 0.1) is 13.1 Å². The Hall–Kier alpha value is -5.28. The van der Waals surface area contributed by atoms with Gasteiger partial charge in [-0.15, -0.1) is 21.9 Å². The second-order valence-electron chi connectivity index (χ2n) is 15.5. The van der Waals surface area contributed by atoms with Crippen molar-refractivity contribution < 1.29 is 92.7 Å². The first-order valence-corrected chi connectivity index (χ1v) is 18.9. The van der Waals surface area contributed by atoms with Crippen LogP contribution in [0.4, 0.5) is 87.8 Å². The highest BCUT2D eigenvalue weighted by atomic mass is 19.2. The zero-order valence-corrected chi connectivity index (χ0v) is 33.6. The van der Waals surface area contributed by atoms with Crippen molar-refractivity contribution in [1.82, 2.24) is 0 Å². The Labute approximate surface area is 351 Å². The third-order valence-corrected chi connectivity index (χ3v) is 10.1. The molecule has 0 aliphatic carbocycles. The summed E-state index contributed by atoms with van der Waals surface area (Å²) < 4.78 is 294. The van der Waals surface area contributed by atoms with Gasteiger partial charge in [-0.1, -0.05) is 65.3 Å². The van der Waals surface area contributed by atoms with Crippen molar-refractivity contribution >= 4 is 28.0 Å². The van der Waals surface area contributed by atoms with Gasteiger partial charge in [0.2, 0.25) is 0 Å². The zero-order valence-electron chi connectivity index (χ0n) is 33.6. The van der Waals surface area contributed by atoms with Crippen LogP contribution >= 0.6 is 0 Å². The molecule has 64 heavy (non-hydrogen) atoms. The smallest absolute Gasteiger partial charge is 0.200 e. The molecule has 0 fully saturated rings. The fourth-order valence-corrected chi connectivity index (χ4v) is 7.73. The molecular formula is C42H32BF20N. The van der Waals surface area contributed by atoms with Crippen LogP contribution in [0.1, 0.15) is 52.2 Å². The summed E-state index contributed by atoms with van der Waals surface area (Å²) in [5, 5.41) is 0. The number of benzene rings is 5. The third kappa shape index (κ3) is 9.02. The lowest BCUT2D eigenvalue weighted by Gasteiger charge is -2.44. The molecule has 22 heteroatoms. The number of halogens is 20. The van der Waals surface area contributed by atoms with E-state index >= 15 is 35.1 Å². The molecule has 0 saturated carbocycles. The van der Waals surface area contributed by atoms with E-state index in [0.717, 1.165) is 11.8 Å².